The van der Waals surface area contributed by atoms with Gasteiger partial charge in [-0.15, -0.1) is 24.8 Å². The van der Waals surface area contributed by atoms with Crippen LogP contribution in [0.5, 0.6) is 5.75 Å². The molecule has 2 atom stereocenters. The quantitative estimate of drug-likeness (QED) is 0.730. The summed E-state index contributed by atoms with van der Waals surface area (Å²) in [5, 5.41) is 7.52. The Labute approximate surface area is 173 Å². The minimum absolute atomic E-state index is 0. The standard InChI is InChI=1S/C18H26ClN3O2.2ClH/c1-22(15-10-13-4-5-14(11-15)21-13)18(23)7-8-20-16-9-12(19)3-6-17(16)24-2;;/h3,6,9,13-15,20-21H,4-5,7-8,10-11H2,1-2H3;2*1H. The SMILES string of the molecule is COc1ccc(Cl)cc1NCCC(=O)N(C)C1CC2CCC(C1)N2.Cl.Cl. The van der Waals surface area contributed by atoms with Crippen molar-refractivity contribution < 1.29 is 9.53 Å². The molecule has 0 aromatic heterocycles. The number of piperidine rings is 1. The van der Waals surface area contributed by atoms with Crippen LogP contribution in [-0.4, -0.2) is 49.6 Å². The van der Waals surface area contributed by atoms with Crippen LogP contribution < -0.4 is 15.4 Å². The van der Waals surface area contributed by atoms with Crippen molar-refractivity contribution in [1.29, 1.82) is 0 Å². The number of hydrogen-bond donors (Lipinski definition) is 2. The van der Waals surface area contributed by atoms with E-state index in [0.717, 1.165) is 24.3 Å². The molecule has 3 rings (SSSR count). The molecular weight excluding hydrogens is 397 g/mol. The summed E-state index contributed by atoms with van der Waals surface area (Å²) in [6.07, 6.45) is 5.12. The van der Waals surface area contributed by atoms with Gasteiger partial charge >= 0.3 is 0 Å². The first kappa shape index (κ1) is 23.2. The molecule has 0 saturated carbocycles. The Kier molecular flexibility index (Phi) is 9.31. The number of hydrogen-bond acceptors (Lipinski definition) is 4. The van der Waals surface area contributed by atoms with Crippen molar-refractivity contribution in [3.05, 3.63) is 23.2 Å². The van der Waals surface area contributed by atoms with Crippen LogP contribution in [0.25, 0.3) is 0 Å². The minimum Gasteiger partial charge on any atom is -0.495 e. The summed E-state index contributed by atoms with van der Waals surface area (Å²) in [6, 6.07) is 6.99. The molecule has 1 aromatic carbocycles. The second-order valence-corrected chi connectivity index (χ2v) is 7.23. The lowest BCUT2D eigenvalue weighted by Gasteiger charge is -2.35. The summed E-state index contributed by atoms with van der Waals surface area (Å²) in [6.45, 7) is 0.567. The van der Waals surface area contributed by atoms with Crippen LogP contribution in [0, 0.1) is 0 Å². The van der Waals surface area contributed by atoms with E-state index in [0.29, 0.717) is 36.1 Å². The fraction of sp³-hybridized carbons (Fsp3) is 0.611. The van der Waals surface area contributed by atoms with Crippen molar-refractivity contribution in [2.75, 3.05) is 26.0 Å². The third-order valence-corrected chi connectivity index (χ3v) is 5.44. The molecule has 2 fully saturated rings. The van der Waals surface area contributed by atoms with Gasteiger partial charge in [0.05, 0.1) is 12.8 Å². The monoisotopic (exact) mass is 423 g/mol. The van der Waals surface area contributed by atoms with Gasteiger partial charge in [0.25, 0.3) is 0 Å². The third kappa shape index (κ3) is 5.56. The van der Waals surface area contributed by atoms with Crippen LogP contribution in [0.15, 0.2) is 18.2 Å². The minimum atomic E-state index is 0. The number of halogens is 3. The van der Waals surface area contributed by atoms with Gasteiger partial charge in [0.1, 0.15) is 5.75 Å². The Morgan fingerprint density at radius 3 is 2.58 bits per heavy atom. The lowest BCUT2D eigenvalue weighted by atomic mass is 9.98. The molecule has 2 bridgehead atoms. The molecule has 2 aliphatic heterocycles. The largest absolute Gasteiger partial charge is 0.495 e. The molecule has 0 spiro atoms. The van der Waals surface area contributed by atoms with Gasteiger partial charge in [-0.1, -0.05) is 11.6 Å². The molecule has 0 aliphatic carbocycles. The number of methoxy groups -OCH3 is 1. The van der Waals surface area contributed by atoms with Crippen LogP contribution >= 0.6 is 36.4 Å². The number of carbonyl (C=O) groups excluding carboxylic acids is 1. The molecule has 1 amide bonds. The van der Waals surface area contributed by atoms with E-state index in [9.17, 15) is 4.79 Å². The molecular formula is C18H28Cl3N3O2. The first-order valence-corrected chi connectivity index (χ1v) is 9.03. The zero-order valence-electron chi connectivity index (χ0n) is 15.2. The number of nitrogens with zero attached hydrogens (tertiary/aromatic N) is 1. The highest BCUT2D eigenvalue weighted by Gasteiger charge is 2.36. The Hall–Kier alpha value is -0.880. The van der Waals surface area contributed by atoms with Gasteiger partial charge in [0, 0.05) is 43.2 Å². The van der Waals surface area contributed by atoms with Gasteiger partial charge in [-0.3, -0.25) is 4.79 Å². The van der Waals surface area contributed by atoms with Gasteiger partial charge in [0.2, 0.25) is 5.91 Å². The van der Waals surface area contributed by atoms with Crippen LogP contribution in [-0.2, 0) is 4.79 Å². The van der Waals surface area contributed by atoms with Crippen LogP contribution in [0.3, 0.4) is 0 Å². The van der Waals surface area contributed by atoms with E-state index < -0.39 is 0 Å². The smallest absolute Gasteiger partial charge is 0.224 e. The summed E-state index contributed by atoms with van der Waals surface area (Å²) in [7, 11) is 3.57. The highest BCUT2D eigenvalue weighted by Crippen LogP contribution is 2.30. The number of rotatable bonds is 6. The number of fused-ring (bicyclic) bond motifs is 2. The Balaban J connectivity index is 0.00000169. The zero-order chi connectivity index (χ0) is 17.1. The highest BCUT2D eigenvalue weighted by molar-refractivity contribution is 6.30. The molecule has 2 aliphatic rings. The molecule has 5 nitrogen and oxygen atoms in total. The Morgan fingerprint density at radius 2 is 1.96 bits per heavy atom. The van der Waals surface area contributed by atoms with E-state index in [-0.39, 0.29) is 30.7 Å². The maximum absolute atomic E-state index is 12.5. The number of anilines is 1. The van der Waals surface area contributed by atoms with Crippen molar-refractivity contribution in [2.24, 2.45) is 0 Å². The maximum atomic E-state index is 12.5. The lowest BCUT2D eigenvalue weighted by molar-refractivity contribution is -0.132. The molecule has 2 unspecified atom stereocenters. The van der Waals surface area contributed by atoms with Gasteiger partial charge in [-0.05, 0) is 43.9 Å². The fourth-order valence-corrected chi connectivity index (χ4v) is 4.02. The summed E-state index contributed by atoms with van der Waals surface area (Å²) in [4.78, 5) is 14.4. The van der Waals surface area contributed by atoms with Gasteiger partial charge in [-0.25, -0.2) is 0 Å². The van der Waals surface area contributed by atoms with E-state index in [1.165, 1.54) is 12.8 Å². The number of nitrogens with one attached hydrogen (secondary N) is 2. The van der Waals surface area contributed by atoms with E-state index in [4.69, 9.17) is 16.3 Å². The molecule has 148 valence electrons. The van der Waals surface area contributed by atoms with Crippen molar-refractivity contribution >= 4 is 48.0 Å². The van der Waals surface area contributed by atoms with Crippen LogP contribution in [0.4, 0.5) is 5.69 Å². The fourth-order valence-electron chi connectivity index (χ4n) is 3.85. The lowest BCUT2D eigenvalue weighted by Crippen LogP contribution is -2.48. The summed E-state index contributed by atoms with van der Waals surface area (Å²) in [5.41, 5.74) is 0.820. The number of carbonyl (C=O) groups is 1. The average Bonchev–Trinajstić information content (AvgIpc) is 2.92. The average molecular weight is 425 g/mol. The molecule has 1 aromatic rings. The Morgan fingerprint density at radius 1 is 1.31 bits per heavy atom. The van der Waals surface area contributed by atoms with Crippen molar-refractivity contribution in [3.8, 4) is 5.75 Å². The second kappa shape index (κ2) is 10.5. The van der Waals surface area contributed by atoms with E-state index in [1.54, 1.807) is 13.2 Å². The molecule has 2 saturated heterocycles. The molecule has 8 heteroatoms. The predicted octanol–water partition coefficient (Wildman–Crippen LogP) is 3.74. The van der Waals surface area contributed by atoms with E-state index in [1.807, 2.05) is 24.1 Å². The van der Waals surface area contributed by atoms with Crippen molar-refractivity contribution in [1.82, 2.24) is 10.2 Å². The summed E-state index contributed by atoms with van der Waals surface area (Å²) >= 11 is 6.02. The number of benzene rings is 1. The van der Waals surface area contributed by atoms with E-state index >= 15 is 0 Å². The predicted molar refractivity (Wildman–Crippen MR) is 111 cm³/mol. The normalized spacial score (nSPS) is 23.4. The topological polar surface area (TPSA) is 53.6 Å². The van der Waals surface area contributed by atoms with Crippen LogP contribution in [0.2, 0.25) is 5.02 Å². The highest BCUT2D eigenvalue weighted by atomic mass is 35.5. The first-order valence-electron chi connectivity index (χ1n) is 8.66. The Bertz CT molecular complexity index is 591. The second-order valence-electron chi connectivity index (χ2n) is 6.79. The number of ether oxygens (including phenoxy) is 1. The number of amides is 1. The zero-order valence-corrected chi connectivity index (χ0v) is 17.6. The molecule has 26 heavy (non-hydrogen) atoms. The van der Waals surface area contributed by atoms with Gasteiger partial charge in [0.15, 0.2) is 0 Å². The molecule has 0 radical (unpaired) electrons. The summed E-state index contributed by atoms with van der Waals surface area (Å²) < 4.78 is 5.31. The molecule has 2 heterocycles. The van der Waals surface area contributed by atoms with E-state index in [2.05, 4.69) is 10.6 Å². The van der Waals surface area contributed by atoms with Gasteiger partial charge in [-0.2, -0.15) is 0 Å². The van der Waals surface area contributed by atoms with Crippen molar-refractivity contribution in [3.63, 3.8) is 0 Å². The van der Waals surface area contributed by atoms with Crippen LogP contribution in [0.1, 0.15) is 32.1 Å². The molecule has 2 N–H and O–H groups in total. The maximum Gasteiger partial charge on any atom is 0.224 e. The first-order chi connectivity index (χ1) is 11.6. The summed E-state index contributed by atoms with van der Waals surface area (Å²) in [5.74, 6) is 0.921. The van der Waals surface area contributed by atoms with Gasteiger partial charge < -0.3 is 20.3 Å². The van der Waals surface area contributed by atoms with Crippen molar-refractivity contribution in [2.45, 2.75) is 50.2 Å². The third-order valence-electron chi connectivity index (χ3n) is 5.21.